The Balaban J connectivity index is 1.86. The molecule has 0 fully saturated rings. The number of rotatable bonds is 4. The highest BCUT2D eigenvalue weighted by Gasteiger charge is 2.07. The quantitative estimate of drug-likeness (QED) is 0.754. The first kappa shape index (κ1) is 15.1. The van der Waals surface area contributed by atoms with Crippen LogP contribution in [0.2, 0.25) is 0 Å². The summed E-state index contributed by atoms with van der Waals surface area (Å²) >= 11 is 0. The minimum atomic E-state index is -0.328. The van der Waals surface area contributed by atoms with Gasteiger partial charge in [0.05, 0.1) is 7.11 Å². The van der Waals surface area contributed by atoms with Crippen LogP contribution in [0.15, 0.2) is 53.5 Å². The summed E-state index contributed by atoms with van der Waals surface area (Å²) in [5.41, 5.74) is 6.80. The Hall–Kier alpha value is -2.82. The fourth-order valence-corrected chi connectivity index (χ4v) is 2.58. The van der Waals surface area contributed by atoms with Gasteiger partial charge in [0.1, 0.15) is 11.6 Å². The number of benzene rings is 2. The molecule has 0 spiro atoms. The molecule has 0 atom stereocenters. The van der Waals surface area contributed by atoms with Crippen LogP contribution in [0.5, 0.6) is 5.75 Å². The number of hydrogen-bond acceptors (Lipinski definition) is 3. The molecule has 0 saturated carbocycles. The molecule has 3 rings (SSSR count). The Morgan fingerprint density at radius 3 is 2.74 bits per heavy atom. The van der Waals surface area contributed by atoms with Crippen LogP contribution in [0.1, 0.15) is 5.56 Å². The van der Waals surface area contributed by atoms with E-state index >= 15 is 0 Å². The van der Waals surface area contributed by atoms with Crippen molar-refractivity contribution in [3.05, 3.63) is 70.4 Å². The van der Waals surface area contributed by atoms with Gasteiger partial charge in [0.25, 0.3) is 5.56 Å². The van der Waals surface area contributed by atoms with Crippen LogP contribution in [0.25, 0.3) is 10.8 Å². The largest absolute Gasteiger partial charge is 0.497 e. The molecule has 1 aromatic heterocycles. The molecule has 4 nitrogen and oxygen atoms in total. The van der Waals surface area contributed by atoms with Crippen LogP contribution in [0, 0.1) is 5.82 Å². The number of pyridine rings is 1. The number of halogens is 1. The lowest BCUT2D eigenvalue weighted by Gasteiger charge is -2.09. The highest BCUT2D eigenvalue weighted by atomic mass is 19.1. The third-order valence-electron chi connectivity index (χ3n) is 3.88. The first-order chi connectivity index (χ1) is 11.1. The van der Waals surface area contributed by atoms with E-state index in [-0.39, 0.29) is 11.4 Å². The molecule has 2 N–H and O–H groups in total. The standard InChI is InChI=1S/C18H17FN2O2/c1-23-15-4-2-12(17(19)11-15)6-8-21-9-7-13-10-14(20)3-5-16(13)18(21)22/h2-5,7,9-11H,6,8,20H2,1H3. The average Bonchev–Trinajstić information content (AvgIpc) is 2.55. The number of methoxy groups -OCH3 is 1. The summed E-state index contributed by atoms with van der Waals surface area (Å²) in [6, 6.07) is 11.8. The number of nitrogens with two attached hydrogens (primary N) is 1. The van der Waals surface area contributed by atoms with E-state index in [0.29, 0.717) is 35.4 Å². The van der Waals surface area contributed by atoms with Gasteiger partial charge < -0.3 is 15.0 Å². The molecular weight excluding hydrogens is 295 g/mol. The van der Waals surface area contributed by atoms with E-state index in [1.807, 2.05) is 6.07 Å². The third-order valence-corrected chi connectivity index (χ3v) is 3.88. The highest BCUT2D eigenvalue weighted by Crippen LogP contribution is 2.17. The molecule has 0 radical (unpaired) electrons. The Labute approximate surface area is 132 Å². The lowest BCUT2D eigenvalue weighted by atomic mass is 10.1. The number of anilines is 1. The summed E-state index contributed by atoms with van der Waals surface area (Å²) in [5, 5.41) is 1.42. The normalized spacial score (nSPS) is 10.9. The van der Waals surface area contributed by atoms with Gasteiger partial charge in [-0.1, -0.05) is 6.07 Å². The van der Waals surface area contributed by atoms with Crippen LogP contribution in [-0.2, 0) is 13.0 Å². The topological polar surface area (TPSA) is 57.2 Å². The van der Waals surface area contributed by atoms with Gasteiger partial charge in [-0.15, -0.1) is 0 Å². The smallest absolute Gasteiger partial charge is 0.258 e. The van der Waals surface area contributed by atoms with Crippen LogP contribution >= 0.6 is 0 Å². The lowest BCUT2D eigenvalue weighted by Crippen LogP contribution is -2.20. The molecule has 3 aromatic rings. The second kappa shape index (κ2) is 6.12. The van der Waals surface area contributed by atoms with E-state index in [4.69, 9.17) is 10.5 Å². The summed E-state index contributed by atoms with van der Waals surface area (Å²) in [6.45, 7) is 0.405. The lowest BCUT2D eigenvalue weighted by molar-refractivity contribution is 0.410. The number of aromatic nitrogens is 1. The fraction of sp³-hybridized carbons (Fsp3) is 0.167. The highest BCUT2D eigenvalue weighted by molar-refractivity contribution is 5.84. The molecule has 0 aliphatic heterocycles. The Morgan fingerprint density at radius 2 is 2.00 bits per heavy atom. The van der Waals surface area contributed by atoms with Crippen molar-refractivity contribution in [3.63, 3.8) is 0 Å². The van der Waals surface area contributed by atoms with Gasteiger partial charge in [-0.25, -0.2) is 4.39 Å². The van der Waals surface area contributed by atoms with Crippen molar-refractivity contribution < 1.29 is 9.13 Å². The van der Waals surface area contributed by atoms with E-state index < -0.39 is 0 Å². The number of fused-ring (bicyclic) bond motifs is 1. The molecule has 0 saturated heterocycles. The first-order valence-corrected chi connectivity index (χ1v) is 7.29. The zero-order valence-electron chi connectivity index (χ0n) is 12.8. The predicted octanol–water partition coefficient (Wildman–Crippen LogP) is 2.97. The number of nitrogens with zero attached hydrogens (tertiary/aromatic N) is 1. The molecule has 2 aromatic carbocycles. The summed E-state index contributed by atoms with van der Waals surface area (Å²) in [4.78, 5) is 12.5. The van der Waals surface area contributed by atoms with E-state index in [1.54, 1.807) is 41.1 Å². The van der Waals surface area contributed by atoms with Gasteiger partial charge in [0.15, 0.2) is 0 Å². The number of nitrogen functional groups attached to an aromatic ring is 1. The van der Waals surface area contributed by atoms with Crippen molar-refractivity contribution in [1.29, 1.82) is 0 Å². The van der Waals surface area contributed by atoms with E-state index in [1.165, 1.54) is 13.2 Å². The zero-order chi connectivity index (χ0) is 16.4. The molecule has 0 aliphatic rings. The van der Waals surface area contributed by atoms with Gasteiger partial charge in [0.2, 0.25) is 0 Å². The average molecular weight is 312 g/mol. The predicted molar refractivity (Wildman–Crippen MR) is 89.3 cm³/mol. The third kappa shape index (κ3) is 3.04. The Kier molecular flexibility index (Phi) is 4.02. The van der Waals surface area contributed by atoms with Crippen molar-refractivity contribution in [3.8, 4) is 5.75 Å². The minimum Gasteiger partial charge on any atom is -0.497 e. The second-order valence-corrected chi connectivity index (χ2v) is 5.37. The number of aryl methyl sites for hydroxylation is 2. The van der Waals surface area contributed by atoms with Gasteiger partial charge in [-0.3, -0.25) is 4.79 Å². The SMILES string of the molecule is COc1ccc(CCn2ccc3cc(N)ccc3c2=O)c(F)c1. The van der Waals surface area contributed by atoms with Crippen LogP contribution in [-0.4, -0.2) is 11.7 Å². The number of ether oxygens (including phenoxy) is 1. The Bertz CT molecular complexity index is 919. The minimum absolute atomic E-state index is 0.101. The molecule has 0 aliphatic carbocycles. The molecular formula is C18H17FN2O2. The monoisotopic (exact) mass is 312 g/mol. The van der Waals surface area contributed by atoms with Gasteiger partial charge in [-0.05, 0) is 47.7 Å². The van der Waals surface area contributed by atoms with Crippen LogP contribution in [0.3, 0.4) is 0 Å². The van der Waals surface area contributed by atoms with E-state index in [2.05, 4.69) is 0 Å². The first-order valence-electron chi connectivity index (χ1n) is 7.29. The summed E-state index contributed by atoms with van der Waals surface area (Å²) in [5.74, 6) is 0.151. The molecule has 118 valence electrons. The molecule has 0 unspecified atom stereocenters. The maximum atomic E-state index is 14.0. The van der Waals surface area contributed by atoms with E-state index in [9.17, 15) is 9.18 Å². The molecule has 0 amide bonds. The molecule has 0 bridgehead atoms. The fourth-order valence-electron chi connectivity index (χ4n) is 2.58. The van der Waals surface area contributed by atoms with Crippen molar-refractivity contribution >= 4 is 16.5 Å². The van der Waals surface area contributed by atoms with Gasteiger partial charge >= 0.3 is 0 Å². The Morgan fingerprint density at radius 1 is 1.17 bits per heavy atom. The number of hydrogen-bond donors (Lipinski definition) is 1. The van der Waals surface area contributed by atoms with Crippen molar-refractivity contribution in [2.75, 3.05) is 12.8 Å². The second-order valence-electron chi connectivity index (χ2n) is 5.37. The summed E-state index contributed by atoms with van der Waals surface area (Å²) < 4.78 is 20.5. The zero-order valence-corrected chi connectivity index (χ0v) is 12.8. The maximum absolute atomic E-state index is 14.0. The van der Waals surface area contributed by atoms with Crippen molar-refractivity contribution in [1.82, 2.24) is 4.57 Å². The maximum Gasteiger partial charge on any atom is 0.258 e. The molecule has 5 heteroatoms. The summed E-state index contributed by atoms with van der Waals surface area (Å²) in [7, 11) is 1.50. The van der Waals surface area contributed by atoms with Gasteiger partial charge in [0, 0.05) is 29.9 Å². The van der Waals surface area contributed by atoms with E-state index in [0.717, 1.165) is 5.39 Å². The summed E-state index contributed by atoms with van der Waals surface area (Å²) in [6.07, 6.45) is 2.14. The molecule has 1 heterocycles. The van der Waals surface area contributed by atoms with Crippen LogP contribution in [0.4, 0.5) is 10.1 Å². The van der Waals surface area contributed by atoms with Gasteiger partial charge in [-0.2, -0.15) is 0 Å². The van der Waals surface area contributed by atoms with Crippen molar-refractivity contribution in [2.24, 2.45) is 0 Å². The molecule has 23 heavy (non-hydrogen) atoms. The van der Waals surface area contributed by atoms with Crippen LogP contribution < -0.4 is 16.0 Å². The van der Waals surface area contributed by atoms with Crippen molar-refractivity contribution in [2.45, 2.75) is 13.0 Å².